The Morgan fingerprint density at radius 2 is 1.80 bits per heavy atom. The van der Waals surface area contributed by atoms with Gasteiger partial charge in [-0.25, -0.2) is 9.97 Å². The fraction of sp³-hybridized carbons (Fsp3) is 0.714. The van der Waals surface area contributed by atoms with Crippen LogP contribution in [-0.4, -0.2) is 57.0 Å². The van der Waals surface area contributed by atoms with Crippen LogP contribution in [0.15, 0.2) is 12.4 Å². The third-order valence-corrected chi connectivity index (χ3v) is 2.90. The van der Waals surface area contributed by atoms with E-state index in [1.165, 1.54) is 0 Å². The summed E-state index contributed by atoms with van der Waals surface area (Å²) in [7, 11) is 3.42. The number of ether oxygens (including phenoxy) is 2. The molecule has 0 spiro atoms. The van der Waals surface area contributed by atoms with Crippen molar-refractivity contribution in [2.45, 2.75) is 19.9 Å². The Balaban J connectivity index is 2.58. The standard InChI is InChI=1S/C14H26N4O2/c1-4-15-10-13-11-16-14(17-12-13)18(7-9-20-3)6-5-8-19-2/h11-12,15H,4-10H2,1-3H3. The zero-order valence-corrected chi connectivity index (χ0v) is 12.8. The molecule has 6 nitrogen and oxygen atoms in total. The summed E-state index contributed by atoms with van der Waals surface area (Å²) in [5.74, 6) is 0.749. The van der Waals surface area contributed by atoms with Crippen molar-refractivity contribution in [3.05, 3.63) is 18.0 Å². The number of methoxy groups -OCH3 is 2. The van der Waals surface area contributed by atoms with Gasteiger partial charge in [-0.15, -0.1) is 0 Å². The van der Waals surface area contributed by atoms with E-state index < -0.39 is 0 Å². The Kier molecular flexibility index (Phi) is 8.86. The Morgan fingerprint density at radius 1 is 1.10 bits per heavy atom. The molecule has 0 saturated carbocycles. The molecule has 0 unspecified atom stereocenters. The summed E-state index contributed by atoms with van der Waals surface area (Å²) in [6, 6.07) is 0. The minimum Gasteiger partial charge on any atom is -0.385 e. The summed E-state index contributed by atoms with van der Waals surface area (Å²) in [4.78, 5) is 11.0. The zero-order chi connectivity index (χ0) is 14.6. The number of rotatable bonds is 11. The average Bonchev–Trinajstić information content (AvgIpc) is 2.49. The van der Waals surface area contributed by atoms with Crippen molar-refractivity contribution in [1.82, 2.24) is 15.3 Å². The van der Waals surface area contributed by atoms with Crippen LogP contribution in [0.5, 0.6) is 0 Å². The number of nitrogens with zero attached hydrogens (tertiary/aromatic N) is 3. The first-order valence-electron chi connectivity index (χ1n) is 7.06. The van der Waals surface area contributed by atoms with Gasteiger partial charge in [0.25, 0.3) is 0 Å². The number of hydrogen-bond donors (Lipinski definition) is 1. The van der Waals surface area contributed by atoms with Gasteiger partial charge in [-0.3, -0.25) is 0 Å². The Bertz CT molecular complexity index is 346. The second-order valence-corrected chi connectivity index (χ2v) is 4.50. The van der Waals surface area contributed by atoms with Crippen LogP contribution in [0.2, 0.25) is 0 Å². The lowest BCUT2D eigenvalue weighted by atomic mass is 10.3. The van der Waals surface area contributed by atoms with E-state index in [0.29, 0.717) is 6.61 Å². The maximum atomic E-state index is 5.14. The lowest BCUT2D eigenvalue weighted by Crippen LogP contribution is -2.30. The summed E-state index contributed by atoms with van der Waals surface area (Å²) in [6.45, 7) is 6.88. The van der Waals surface area contributed by atoms with Crippen molar-refractivity contribution in [1.29, 1.82) is 0 Å². The van der Waals surface area contributed by atoms with Gasteiger partial charge in [-0.05, 0) is 13.0 Å². The van der Waals surface area contributed by atoms with Crippen molar-refractivity contribution in [3.8, 4) is 0 Å². The smallest absolute Gasteiger partial charge is 0.225 e. The molecule has 114 valence electrons. The molecule has 0 aliphatic carbocycles. The van der Waals surface area contributed by atoms with Crippen LogP contribution < -0.4 is 10.2 Å². The first-order chi connectivity index (χ1) is 9.81. The van der Waals surface area contributed by atoms with Gasteiger partial charge in [-0.2, -0.15) is 0 Å². The van der Waals surface area contributed by atoms with E-state index in [4.69, 9.17) is 9.47 Å². The molecule has 1 N–H and O–H groups in total. The van der Waals surface area contributed by atoms with Crippen molar-refractivity contribution in [3.63, 3.8) is 0 Å². The average molecular weight is 282 g/mol. The molecule has 0 amide bonds. The highest BCUT2D eigenvalue weighted by Crippen LogP contribution is 2.08. The molecule has 0 saturated heterocycles. The summed E-state index contributed by atoms with van der Waals surface area (Å²) in [5.41, 5.74) is 1.10. The van der Waals surface area contributed by atoms with Crippen LogP contribution in [0, 0.1) is 0 Å². The van der Waals surface area contributed by atoms with Crippen LogP contribution in [0.3, 0.4) is 0 Å². The minimum absolute atomic E-state index is 0.662. The van der Waals surface area contributed by atoms with Crippen LogP contribution in [0.1, 0.15) is 18.9 Å². The second-order valence-electron chi connectivity index (χ2n) is 4.50. The molecule has 0 fully saturated rings. The quantitative estimate of drug-likeness (QED) is 0.613. The molecule has 0 aliphatic heterocycles. The molecule has 0 bridgehead atoms. The van der Waals surface area contributed by atoms with E-state index in [1.54, 1.807) is 14.2 Å². The largest absolute Gasteiger partial charge is 0.385 e. The van der Waals surface area contributed by atoms with E-state index in [2.05, 4.69) is 27.1 Å². The monoisotopic (exact) mass is 282 g/mol. The van der Waals surface area contributed by atoms with E-state index in [-0.39, 0.29) is 0 Å². The lowest BCUT2D eigenvalue weighted by Gasteiger charge is -2.22. The fourth-order valence-electron chi connectivity index (χ4n) is 1.78. The van der Waals surface area contributed by atoms with Gasteiger partial charge >= 0.3 is 0 Å². The third kappa shape index (κ3) is 6.27. The molecular formula is C14H26N4O2. The molecule has 1 heterocycles. The number of hydrogen-bond acceptors (Lipinski definition) is 6. The molecule has 0 aromatic carbocycles. The summed E-state index contributed by atoms with van der Waals surface area (Å²) < 4.78 is 10.2. The molecule has 0 aliphatic rings. The summed E-state index contributed by atoms with van der Waals surface area (Å²) in [5, 5.41) is 3.26. The molecule has 1 aromatic heterocycles. The Morgan fingerprint density at radius 3 is 2.40 bits per heavy atom. The molecule has 0 atom stereocenters. The van der Waals surface area contributed by atoms with Crippen molar-refractivity contribution < 1.29 is 9.47 Å². The molecular weight excluding hydrogens is 256 g/mol. The highest BCUT2D eigenvalue weighted by molar-refractivity contribution is 5.29. The maximum absolute atomic E-state index is 5.14. The van der Waals surface area contributed by atoms with Gasteiger partial charge in [0, 0.05) is 58.4 Å². The van der Waals surface area contributed by atoms with Crippen molar-refractivity contribution in [2.75, 3.05) is 52.0 Å². The zero-order valence-electron chi connectivity index (χ0n) is 12.8. The molecule has 6 heteroatoms. The highest BCUT2D eigenvalue weighted by atomic mass is 16.5. The van der Waals surface area contributed by atoms with E-state index in [9.17, 15) is 0 Å². The van der Waals surface area contributed by atoms with Crippen molar-refractivity contribution >= 4 is 5.95 Å². The molecule has 1 aromatic rings. The van der Waals surface area contributed by atoms with Gasteiger partial charge in [0.1, 0.15) is 0 Å². The SMILES string of the molecule is CCNCc1cnc(N(CCCOC)CCOC)nc1. The normalized spacial score (nSPS) is 10.8. The van der Waals surface area contributed by atoms with Gasteiger partial charge < -0.3 is 19.7 Å². The Labute approximate surface area is 121 Å². The summed E-state index contributed by atoms with van der Waals surface area (Å²) >= 11 is 0. The van der Waals surface area contributed by atoms with Gasteiger partial charge in [0.2, 0.25) is 5.95 Å². The number of nitrogens with one attached hydrogen (secondary N) is 1. The topological polar surface area (TPSA) is 59.5 Å². The number of aromatic nitrogens is 2. The third-order valence-electron chi connectivity index (χ3n) is 2.90. The van der Waals surface area contributed by atoms with E-state index in [1.807, 2.05) is 12.4 Å². The Hall–Kier alpha value is -1.24. The lowest BCUT2D eigenvalue weighted by molar-refractivity contribution is 0.190. The van der Waals surface area contributed by atoms with Crippen LogP contribution >= 0.6 is 0 Å². The first kappa shape index (κ1) is 16.8. The van der Waals surface area contributed by atoms with Crippen LogP contribution in [0.25, 0.3) is 0 Å². The van der Waals surface area contributed by atoms with Crippen molar-refractivity contribution in [2.24, 2.45) is 0 Å². The fourth-order valence-corrected chi connectivity index (χ4v) is 1.78. The second kappa shape index (κ2) is 10.5. The van der Waals surface area contributed by atoms with Crippen LogP contribution in [-0.2, 0) is 16.0 Å². The highest BCUT2D eigenvalue weighted by Gasteiger charge is 2.09. The predicted molar refractivity (Wildman–Crippen MR) is 80.0 cm³/mol. The molecule has 0 radical (unpaired) electrons. The van der Waals surface area contributed by atoms with Crippen LogP contribution in [0.4, 0.5) is 5.95 Å². The molecule has 20 heavy (non-hydrogen) atoms. The van der Waals surface area contributed by atoms with E-state index >= 15 is 0 Å². The number of anilines is 1. The minimum atomic E-state index is 0.662. The van der Waals surface area contributed by atoms with Gasteiger partial charge in [0.15, 0.2) is 0 Å². The maximum Gasteiger partial charge on any atom is 0.225 e. The first-order valence-corrected chi connectivity index (χ1v) is 7.06. The van der Waals surface area contributed by atoms with Gasteiger partial charge in [0.05, 0.1) is 6.61 Å². The predicted octanol–water partition coefficient (Wildman–Crippen LogP) is 1.08. The van der Waals surface area contributed by atoms with E-state index in [0.717, 1.165) is 50.7 Å². The molecule has 1 rings (SSSR count). The summed E-state index contributed by atoms with van der Waals surface area (Å²) in [6.07, 6.45) is 4.70. The van der Waals surface area contributed by atoms with Gasteiger partial charge in [-0.1, -0.05) is 6.92 Å².